The van der Waals surface area contributed by atoms with Crippen LogP contribution in [0, 0.1) is 6.92 Å². The van der Waals surface area contributed by atoms with E-state index in [4.69, 9.17) is 16.3 Å². The van der Waals surface area contributed by atoms with Crippen molar-refractivity contribution in [3.8, 4) is 0 Å². The predicted octanol–water partition coefficient (Wildman–Crippen LogP) is 3.19. The van der Waals surface area contributed by atoms with Gasteiger partial charge in [0.1, 0.15) is 11.2 Å². The molecule has 5 nitrogen and oxygen atoms in total. The van der Waals surface area contributed by atoms with Gasteiger partial charge in [0.15, 0.2) is 0 Å². The zero-order valence-electron chi connectivity index (χ0n) is 13.2. The molecule has 1 aromatic carbocycles. The smallest absolute Gasteiger partial charge is 0.343 e. The van der Waals surface area contributed by atoms with E-state index in [2.05, 4.69) is 4.98 Å². The number of carbonyl (C=O) groups is 1. The minimum atomic E-state index is -0.665. The molecule has 0 saturated heterocycles. The number of ether oxygens (including phenoxy) is 1. The molecule has 0 aliphatic heterocycles. The van der Waals surface area contributed by atoms with Crippen LogP contribution in [0.3, 0.4) is 0 Å². The lowest BCUT2D eigenvalue weighted by molar-refractivity contribution is 0.0598. The topological polar surface area (TPSA) is 61.2 Å². The van der Waals surface area contributed by atoms with Crippen molar-refractivity contribution in [3.05, 3.63) is 74.7 Å². The molecule has 0 N–H and O–H groups in total. The van der Waals surface area contributed by atoms with Crippen LogP contribution in [-0.4, -0.2) is 22.6 Å². The van der Waals surface area contributed by atoms with Gasteiger partial charge in [-0.1, -0.05) is 23.7 Å². The molecule has 0 bridgehead atoms. The fourth-order valence-electron chi connectivity index (χ4n) is 2.57. The van der Waals surface area contributed by atoms with Crippen molar-refractivity contribution >= 4 is 28.6 Å². The summed E-state index contributed by atoms with van der Waals surface area (Å²) in [5.74, 6) is -0.665. The third-order valence-electron chi connectivity index (χ3n) is 3.71. The number of benzene rings is 1. The first-order chi connectivity index (χ1) is 11.5. The van der Waals surface area contributed by atoms with Gasteiger partial charge < -0.3 is 9.30 Å². The second-order valence-corrected chi connectivity index (χ2v) is 5.88. The molecule has 24 heavy (non-hydrogen) atoms. The molecular formula is C18H15ClN2O3. The average molecular weight is 343 g/mol. The second kappa shape index (κ2) is 6.45. The van der Waals surface area contributed by atoms with Gasteiger partial charge in [0.05, 0.1) is 12.5 Å². The van der Waals surface area contributed by atoms with E-state index in [-0.39, 0.29) is 11.0 Å². The number of hydrogen-bond acceptors (Lipinski definition) is 4. The summed E-state index contributed by atoms with van der Waals surface area (Å²) in [5, 5.41) is 1.00. The van der Waals surface area contributed by atoms with Gasteiger partial charge in [0.25, 0.3) is 0 Å². The minimum absolute atomic E-state index is 0.0160. The summed E-state index contributed by atoms with van der Waals surface area (Å²) in [7, 11) is 1.25. The third-order valence-corrected chi connectivity index (χ3v) is 3.94. The van der Waals surface area contributed by atoms with Crippen LogP contribution in [0.15, 0.2) is 47.4 Å². The van der Waals surface area contributed by atoms with Crippen molar-refractivity contribution in [1.82, 2.24) is 9.55 Å². The molecule has 0 amide bonds. The molecule has 0 atom stereocenters. The van der Waals surface area contributed by atoms with E-state index in [0.29, 0.717) is 22.6 Å². The zero-order chi connectivity index (χ0) is 17.3. The van der Waals surface area contributed by atoms with Crippen LogP contribution in [-0.2, 0) is 11.3 Å². The van der Waals surface area contributed by atoms with E-state index in [1.54, 1.807) is 22.8 Å². The Bertz CT molecular complexity index is 995. The SMILES string of the molecule is COC(=O)c1cn(Cc2cccc(Cl)c2)c2nc(C)ccc2c1=O. The maximum absolute atomic E-state index is 12.5. The Morgan fingerprint density at radius 2 is 2.08 bits per heavy atom. The number of esters is 1. The second-order valence-electron chi connectivity index (χ2n) is 5.45. The summed E-state index contributed by atoms with van der Waals surface area (Å²) in [5.41, 5.74) is 1.84. The highest BCUT2D eigenvalue weighted by Crippen LogP contribution is 2.16. The van der Waals surface area contributed by atoms with Gasteiger partial charge in [-0.25, -0.2) is 9.78 Å². The van der Waals surface area contributed by atoms with E-state index in [0.717, 1.165) is 11.3 Å². The Kier molecular flexibility index (Phi) is 4.36. The molecule has 2 heterocycles. The summed E-state index contributed by atoms with van der Waals surface area (Å²) in [6, 6.07) is 10.8. The van der Waals surface area contributed by atoms with E-state index < -0.39 is 5.97 Å². The molecule has 0 fully saturated rings. The summed E-state index contributed by atoms with van der Waals surface area (Å²) >= 11 is 6.03. The number of aryl methyl sites for hydroxylation is 1. The predicted molar refractivity (Wildman–Crippen MR) is 92.6 cm³/mol. The van der Waals surface area contributed by atoms with Crippen LogP contribution < -0.4 is 5.43 Å². The van der Waals surface area contributed by atoms with Crippen molar-refractivity contribution in [2.24, 2.45) is 0 Å². The summed E-state index contributed by atoms with van der Waals surface area (Å²) < 4.78 is 6.49. The van der Waals surface area contributed by atoms with Crippen LogP contribution in [0.1, 0.15) is 21.6 Å². The van der Waals surface area contributed by atoms with Crippen molar-refractivity contribution < 1.29 is 9.53 Å². The normalized spacial score (nSPS) is 10.8. The molecule has 0 unspecified atom stereocenters. The van der Waals surface area contributed by atoms with Crippen LogP contribution in [0.25, 0.3) is 11.0 Å². The zero-order valence-corrected chi connectivity index (χ0v) is 14.0. The lowest BCUT2D eigenvalue weighted by Crippen LogP contribution is -2.21. The van der Waals surface area contributed by atoms with E-state index >= 15 is 0 Å². The van der Waals surface area contributed by atoms with Gasteiger partial charge in [-0.2, -0.15) is 0 Å². The highest BCUT2D eigenvalue weighted by molar-refractivity contribution is 6.30. The number of hydrogen-bond donors (Lipinski definition) is 0. The highest BCUT2D eigenvalue weighted by Gasteiger charge is 2.17. The molecule has 0 radical (unpaired) electrons. The monoisotopic (exact) mass is 342 g/mol. The third kappa shape index (κ3) is 3.03. The minimum Gasteiger partial charge on any atom is -0.465 e. The van der Waals surface area contributed by atoms with E-state index in [1.807, 2.05) is 25.1 Å². The summed E-state index contributed by atoms with van der Waals surface area (Å²) in [4.78, 5) is 28.9. The molecule has 0 aliphatic rings. The van der Waals surface area contributed by atoms with Crippen molar-refractivity contribution in [2.75, 3.05) is 7.11 Å². The van der Waals surface area contributed by atoms with Crippen LogP contribution in [0.5, 0.6) is 0 Å². The molecule has 0 aliphatic carbocycles. The molecule has 6 heteroatoms. The quantitative estimate of drug-likeness (QED) is 0.686. The van der Waals surface area contributed by atoms with Gasteiger partial charge in [0, 0.05) is 23.5 Å². The molecule has 2 aromatic heterocycles. The average Bonchev–Trinajstić information content (AvgIpc) is 2.56. The number of fused-ring (bicyclic) bond motifs is 1. The fraction of sp³-hybridized carbons (Fsp3) is 0.167. The number of nitrogens with zero attached hydrogens (tertiary/aromatic N) is 2. The molecular weight excluding hydrogens is 328 g/mol. The lowest BCUT2D eigenvalue weighted by atomic mass is 10.1. The Morgan fingerprint density at radius 1 is 1.29 bits per heavy atom. The van der Waals surface area contributed by atoms with E-state index in [1.165, 1.54) is 13.3 Å². The molecule has 3 rings (SSSR count). The first-order valence-electron chi connectivity index (χ1n) is 7.33. The number of carbonyl (C=O) groups excluding carboxylic acids is 1. The van der Waals surface area contributed by atoms with Crippen LogP contribution >= 0.6 is 11.6 Å². The molecule has 0 spiro atoms. The molecule has 0 saturated carbocycles. The standard InChI is InChI=1S/C18H15ClN2O3/c1-11-6-7-14-16(22)15(18(23)24-2)10-21(17(14)20-11)9-12-4-3-5-13(19)8-12/h3-8,10H,9H2,1-2H3. The van der Waals surface area contributed by atoms with Gasteiger partial charge in [-0.3, -0.25) is 4.79 Å². The first-order valence-corrected chi connectivity index (χ1v) is 7.71. The van der Waals surface area contributed by atoms with Crippen molar-refractivity contribution in [1.29, 1.82) is 0 Å². The van der Waals surface area contributed by atoms with Gasteiger partial charge >= 0.3 is 5.97 Å². The highest BCUT2D eigenvalue weighted by atomic mass is 35.5. The maximum Gasteiger partial charge on any atom is 0.343 e. The first kappa shape index (κ1) is 16.2. The lowest BCUT2D eigenvalue weighted by Gasteiger charge is -2.13. The van der Waals surface area contributed by atoms with Gasteiger partial charge in [0.2, 0.25) is 5.43 Å². The van der Waals surface area contributed by atoms with Crippen molar-refractivity contribution in [3.63, 3.8) is 0 Å². The van der Waals surface area contributed by atoms with Gasteiger partial charge in [-0.15, -0.1) is 0 Å². The van der Waals surface area contributed by atoms with Gasteiger partial charge in [-0.05, 0) is 36.8 Å². The fourth-order valence-corrected chi connectivity index (χ4v) is 2.78. The number of pyridine rings is 2. The van der Waals surface area contributed by atoms with Crippen LogP contribution in [0.4, 0.5) is 0 Å². The largest absolute Gasteiger partial charge is 0.465 e. The Morgan fingerprint density at radius 3 is 2.79 bits per heavy atom. The molecule has 122 valence electrons. The van der Waals surface area contributed by atoms with E-state index in [9.17, 15) is 9.59 Å². The Balaban J connectivity index is 2.24. The van der Waals surface area contributed by atoms with Crippen LogP contribution in [0.2, 0.25) is 5.02 Å². The van der Waals surface area contributed by atoms with Crippen molar-refractivity contribution in [2.45, 2.75) is 13.5 Å². The number of aromatic nitrogens is 2. The Hall–Kier alpha value is -2.66. The summed E-state index contributed by atoms with van der Waals surface area (Å²) in [6.07, 6.45) is 1.49. The molecule has 3 aromatic rings. The number of halogens is 1. The Labute approximate surface area is 143 Å². The maximum atomic E-state index is 12.5. The summed E-state index contributed by atoms with van der Waals surface area (Å²) in [6.45, 7) is 2.28. The number of methoxy groups -OCH3 is 1. The number of rotatable bonds is 3.